The molecule has 0 bridgehead atoms. The summed E-state index contributed by atoms with van der Waals surface area (Å²) in [5.41, 5.74) is 1.51. The van der Waals surface area contributed by atoms with Crippen molar-refractivity contribution in [2.45, 2.75) is 12.8 Å². The van der Waals surface area contributed by atoms with Gasteiger partial charge in [0, 0.05) is 6.42 Å². The summed E-state index contributed by atoms with van der Waals surface area (Å²) in [6.45, 7) is 0.283. The summed E-state index contributed by atoms with van der Waals surface area (Å²) in [6.07, 6.45) is 0.832. The number of hydrogen-bond acceptors (Lipinski definition) is 5. The molecule has 0 aromatic rings. The second-order valence-corrected chi connectivity index (χ2v) is 1.62. The van der Waals surface area contributed by atoms with Crippen molar-refractivity contribution in [2.75, 3.05) is 13.7 Å². The lowest BCUT2D eigenvalue weighted by Gasteiger charge is -1.98. The van der Waals surface area contributed by atoms with Crippen molar-refractivity contribution in [2.24, 2.45) is 0 Å². The highest BCUT2D eigenvalue weighted by molar-refractivity contribution is 5.68. The average Bonchev–Trinajstić information content (AvgIpc) is 1.98. The second kappa shape index (κ2) is 6.47. The monoisotopic (exact) mass is 149 g/mol. The Balaban J connectivity index is 2.96. The molecular weight excluding hydrogens is 138 g/mol. The van der Waals surface area contributed by atoms with Crippen molar-refractivity contribution in [3.8, 4) is 0 Å². The Hall–Kier alpha value is -0.650. The predicted octanol–water partition coefficient (Wildman–Crippen LogP) is -0.150. The lowest BCUT2D eigenvalue weighted by atomic mass is 10.3. The number of ether oxygens (including phenoxy) is 1. The number of rotatable bonds is 5. The SMILES string of the molecule is COC(=O)CCCONO. The molecule has 2 N–H and O–H groups in total. The molecule has 10 heavy (non-hydrogen) atoms. The van der Waals surface area contributed by atoms with Gasteiger partial charge in [0.25, 0.3) is 0 Å². The summed E-state index contributed by atoms with van der Waals surface area (Å²) >= 11 is 0. The van der Waals surface area contributed by atoms with E-state index < -0.39 is 0 Å². The smallest absolute Gasteiger partial charge is 0.305 e. The van der Waals surface area contributed by atoms with E-state index >= 15 is 0 Å². The maximum atomic E-state index is 10.4. The molecule has 5 nitrogen and oxygen atoms in total. The summed E-state index contributed by atoms with van der Waals surface area (Å²) < 4.78 is 4.35. The van der Waals surface area contributed by atoms with Gasteiger partial charge in [0.05, 0.1) is 13.7 Å². The van der Waals surface area contributed by atoms with E-state index in [1.807, 2.05) is 0 Å². The van der Waals surface area contributed by atoms with Crippen molar-refractivity contribution in [3.05, 3.63) is 0 Å². The van der Waals surface area contributed by atoms with Crippen LogP contribution in [0.4, 0.5) is 0 Å². The van der Waals surface area contributed by atoms with Gasteiger partial charge in [-0.15, -0.1) is 0 Å². The molecule has 0 aromatic carbocycles. The molecule has 0 aliphatic heterocycles. The topological polar surface area (TPSA) is 67.8 Å². The predicted molar refractivity (Wildman–Crippen MR) is 32.1 cm³/mol. The first-order chi connectivity index (χ1) is 4.81. The molecule has 0 unspecified atom stereocenters. The summed E-state index contributed by atoms with van der Waals surface area (Å²) in [6, 6.07) is 0. The molecule has 0 rings (SSSR count). The highest BCUT2D eigenvalue weighted by Crippen LogP contribution is 1.90. The zero-order valence-corrected chi connectivity index (χ0v) is 5.79. The van der Waals surface area contributed by atoms with Crippen molar-refractivity contribution in [1.82, 2.24) is 5.64 Å². The molecule has 60 valence electrons. The minimum atomic E-state index is -0.276. The van der Waals surface area contributed by atoms with Crippen molar-refractivity contribution in [1.29, 1.82) is 0 Å². The van der Waals surface area contributed by atoms with Gasteiger partial charge in [-0.3, -0.25) is 14.8 Å². The van der Waals surface area contributed by atoms with Crippen molar-refractivity contribution >= 4 is 5.97 Å². The summed E-state index contributed by atoms with van der Waals surface area (Å²) in [4.78, 5) is 14.7. The van der Waals surface area contributed by atoms with Crippen LogP contribution in [-0.2, 0) is 14.4 Å². The number of carbonyl (C=O) groups excluding carboxylic acids is 1. The Morgan fingerprint density at radius 3 is 2.90 bits per heavy atom. The lowest BCUT2D eigenvalue weighted by molar-refractivity contribution is -0.144. The van der Waals surface area contributed by atoms with Gasteiger partial charge in [-0.1, -0.05) is 5.64 Å². The Bertz CT molecular complexity index is 95.6. The zero-order valence-electron chi connectivity index (χ0n) is 5.79. The van der Waals surface area contributed by atoms with E-state index in [0.717, 1.165) is 0 Å². The van der Waals surface area contributed by atoms with Gasteiger partial charge in [-0.2, -0.15) is 0 Å². The van der Waals surface area contributed by atoms with Crippen LogP contribution in [0.25, 0.3) is 0 Å². The van der Waals surface area contributed by atoms with E-state index in [2.05, 4.69) is 9.57 Å². The molecule has 0 atom stereocenters. The quantitative estimate of drug-likeness (QED) is 0.323. The van der Waals surface area contributed by atoms with E-state index in [1.54, 1.807) is 0 Å². The molecule has 0 amide bonds. The van der Waals surface area contributed by atoms with Crippen molar-refractivity contribution < 1.29 is 19.6 Å². The lowest BCUT2D eigenvalue weighted by Crippen LogP contribution is -2.10. The number of methoxy groups -OCH3 is 1. The minimum Gasteiger partial charge on any atom is -0.469 e. The summed E-state index contributed by atoms with van der Waals surface area (Å²) in [7, 11) is 1.33. The summed E-state index contributed by atoms with van der Waals surface area (Å²) in [5.74, 6) is -0.276. The highest BCUT2D eigenvalue weighted by atomic mass is 16.8. The van der Waals surface area contributed by atoms with Crippen LogP contribution in [0.1, 0.15) is 12.8 Å². The van der Waals surface area contributed by atoms with Gasteiger partial charge in [0.15, 0.2) is 0 Å². The highest BCUT2D eigenvalue weighted by Gasteiger charge is 1.97. The maximum Gasteiger partial charge on any atom is 0.305 e. The van der Waals surface area contributed by atoms with Crippen LogP contribution in [0, 0.1) is 0 Å². The van der Waals surface area contributed by atoms with Crippen LogP contribution in [-0.4, -0.2) is 24.9 Å². The molecule has 0 radical (unpaired) electrons. The molecule has 0 saturated heterocycles. The fraction of sp³-hybridized carbons (Fsp3) is 0.800. The van der Waals surface area contributed by atoms with E-state index in [-0.39, 0.29) is 12.6 Å². The van der Waals surface area contributed by atoms with Gasteiger partial charge < -0.3 is 4.74 Å². The van der Waals surface area contributed by atoms with Crippen LogP contribution >= 0.6 is 0 Å². The standard InChI is InChI=1S/C5H11NO4/c1-9-5(7)3-2-4-10-6-8/h6,8H,2-4H2,1H3. The first kappa shape index (κ1) is 9.35. The van der Waals surface area contributed by atoms with Crippen LogP contribution < -0.4 is 5.64 Å². The number of nitrogens with one attached hydrogen (secondary N) is 1. The van der Waals surface area contributed by atoms with Crippen LogP contribution in [0.5, 0.6) is 0 Å². The van der Waals surface area contributed by atoms with Gasteiger partial charge in [-0.25, -0.2) is 0 Å². The fourth-order valence-electron chi connectivity index (χ4n) is 0.436. The Labute approximate surface area is 58.8 Å². The van der Waals surface area contributed by atoms with E-state index in [4.69, 9.17) is 5.21 Å². The van der Waals surface area contributed by atoms with Crippen LogP contribution in [0.15, 0.2) is 0 Å². The second-order valence-electron chi connectivity index (χ2n) is 1.62. The minimum absolute atomic E-state index is 0.276. The van der Waals surface area contributed by atoms with Crippen molar-refractivity contribution in [3.63, 3.8) is 0 Å². The molecular formula is C5H11NO4. The normalized spacial score (nSPS) is 9.40. The molecule has 5 heteroatoms. The van der Waals surface area contributed by atoms with Crippen LogP contribution in [0.2, 0.25) is 0 Å². The largest absolute Gasteiger partial charge is 0.469 e. The molecule has 0 aliphatic rings. The van der Waals surface area contributed by atoms with E-state index in [0.29, 0.717) is 12.8 Å². The number of esters is 1. The third kappa shape index (κ3) is 5.49. The Morgan fingerprint density at radius 1 is 1.70 bits per heavy atom. The maximum absolute atomic E-state index is 10.4. The first-order valence-electron chi connectivity index (χ1n) is 2.89. The molecule has 0 heterocycles. The van der Waals surface area contributed by atoms with Gasteiger partial charge in [-0.05, 0) is 6.42 Å². The van der Waals surface area contributed by atoms with Gasteiger partial charge in [0.2, 0.25) is 0 Å². The molecule has 0 aliphatic carbocycles. The summed E-state index contributed by atoms with van der Waals surface area (Å²) in [5, 5.41) is 7.90. The molecule has 0 saturated carbocycles. The third-order valence-electron chi connectivity index (χ3n) is 0.920. The zero-order chi connectivity index (χ0) is 7.82. The number of hydrogen-bond donors (Lipinski definition) is 2. The Morgan fingerprint density at radius 2 is 2.40 bits per heavy atom. The first-order valence-corrected chi connectivity index (χ1v) is 2.89. The molecule has 0 spiro atoms. The fourth-order valence-corrected chi connectivity index (χ4v) is 0.436. The molecule has 0 aromatic heterocycles. The van der Waals surface area contributed by atoms with E-state index in [1.165, 1.54) is 12.8 Å². The Kier molecular flexibility index (Phi) is 6.05. The average molecular weight is 149 g/mol. The third-order valence-corrected chi connectivity index (χ3v) is 0.920. The van der Waals surface area contributed by atoms with E-state index in [9.17, 15) is 4.79 Å². The van der Waals surface area contributed by atoms with Crippen LogP contribution in [0.3, 0.4) is 0 Å². The molecule has 0 fully saturated rings. The van der Waals surface area contributed by atoms with Gasteiger partial charge in [0.1, 0.15) is 0 Å². The number of carbonyl (C=O) groups is 1. The van der Waals surface area contributed by atoms with Gasteiger partial charge >= 0.3 is 5.97 Å².